The van der Waals surface area contributed by atoms with Gasteiger partial charge >= 0.3 is 0 Å². The molecule has 0 unspecified atom stereocenters. The zero-order chi connectivity index (χ0) is 13.0. The van der Waals surface area contributed by atoms with Crippen molar-refractivity contribution < 1.29 is 14.3 Å². The minimum absolute atomic E-state index is 0.000483. The van der Waals surface area contributed by atoms with E-state index >= 15 is 0 Å². The third-order valence-electron chi connectivity index (χ3n) is 4.02. The van der Waals surface area contributed by atoms with Gasteiger partial charge in [0.25, 0.3) is 0 Å². The first-order chi connectivity index (χ1) is 8.70. The number of hydrogen-bond donors (Lipinski definition) is 1. The summed E-state index contributed by atoms with van der Waals surface area (Å²) in [5.74, 6) is 0.0713. The highest BCUT2D eigenvalue weighted by atomic mass is 16.5. The standard InChI is InChI=1S/C13H24N2O3/c1-15(10-5-3-4-6-10)7-13(16)14-11-8-18-9-12(11)17-2/h10-12H,3-9H2,1-2H3,(H,14,16)/t11-,12-/m0/s1. The van der Waals surface area contributed by atoms with Gasteiger partial charge in [-0.3, -0.25) is 9.69 Å². The second kappa shape index (κ2) is 6.50. The van der Waals surface area contributed by atoms with Gasteiger partial charge in [0.15, 0.2) is 0 Å². The van der Waals surface area contributed by atoms with Crippen LogP contribution in [-0.4, -0.2) is 62.9 Å². The largest absolute Gasteiger partial charge is 0.377 e. The molecule has 2 rings (SSSR count). The monoisotopic (exact) mass is 256 g/mol. The van der Waals surface area contributed by atoms with Crippen LogP contribution in [0.3, 0.4) is 0 Å². The van der Waals surface area contributed by atoms with Crippen LogP contribution in [0.15, 0.2) is 0 Å². The molecule has 1 amide bonds. The molecule has 1 heterocycles. The van der Waals surface area contributed by atoms with E-state index in [9.17, 15) is 4.79 Å². The van der Waals surface area contributed by atoms with Gasteiger partial charge in [-0.2, -0.15) is 0 Å². The molecule has 5 nitrogen and oxygen atoms in total. The maximum Gasteiger partial charge on any atom is 0.234 e. The molecule has 2 aliphatic rings. The fraction of sp³-hybridized carbons (Fsp3) is 0.923. The fourth-order valence-corrected chi connectivity index (χ4v) is 2.85. The maximum atomic E-state index is 12.0. The average molecular weight is 256 g/mol. The van der Waals surface area contributed by atoms with Gasteiger partial charge in [-0.1, -0.05) is 12.8 Å². The summed E-state index contributed by atoms with van der Waals surface area (Å²) in [7, 11) is 3.69. The molecular weight excluding hydrogens is 232 g/mol. The van der Waals surface area contributed by atoms with E-state index in [1.807, 2.05) is 7.05 Å². The second-order valence-corrected chi connectivity index (χ2v) is 5.34. The van der Waals surface area contributed by atoms with Crippen LogP contribution < -0.4 is 5.32 Å². The van der Waals surface area contributed by atoms with Crippen molar-refractivity contribution in [2.24, 2.45) is 0 Å². The van der Waals surface area contributed by atoms with Crippen LogP contribution in [0, 0.1) is 0 Å². The van der Waals surface area contributed by atoms with E-state index in [1.165, 1.54) is 25.7 Å². The number of amides is 1. The molecule has 0 aromatic carbocycles. The molecule has 0 aromatic rings. The SMILES string of the molecule is CO[C@H]1COC[C@@H]1NC(=O)CN(C)C1CCCC1. The lowest BCUT2D eigenvalue weighted by Gasteiger charge is -2.25. The van der Waals surface area contributed by atoms with Gasteiger partial charge in [0.1, 0.15) is 6.10 Å². The van der Waals surface area contributed by atoms with Gasteiger partial charge < -0.3 is 14.8 Å². The fourth-order valence-electron chi connectivity index (χ4n) is 2.85. The van der Waals surface area contributed by atoms with Gasteiger partial charge in [0, 0.05) is 13.2 Å². The Morgan fingerprint density at radius 1 is 1.39 bits per heavy atom. The summed E-state index contributed by atoms with van der Waals surface area (Å²) in [6.45, 7) is 1.59. The highest BCUT2D eigenvalue weighted by molar-refractivity contribution is 5.78. The highest BCUT2D eigenvalue weighted by Gasteiger charge is 2.30. The van der Waals surface area contributed by atoms with E-state index in [4.69, 9.17) is 9.47 Å². The summed E-state index contributed by atoms with van der Waals surface area (Å²) in [6, 6.07) is 0.577. The summed E-state index contributed by atoms with van der Waals surface area (Å²) in [4.78, 5) is 14.1. The van der Waals surface area contributed by atoms with Crippen molar-refractivity contribution in [2.45, 2.75) is 43.9 Å². The van der Waals surface area contributed by atoms with Crippen molar-refractivity contribution in [3.63, 3.8) is 0 Å². The van der Waals surface area contributed by atoms with Crippen molar-refractivity contribution in [3.8, 4) is 0 Å². The molecule has 0 spiro atoms. The van der Waals surface area contributed by atoms with Crippen LogP contribution in [0.25, 0.3) is 0 Å². The lowest BCUT2D eigenvalue weighted by molar-refractivity contribution is -0.123. The number of likely N-dealkylation sites (N-methyl/N-ethyl adjacent to an activating group) is 1. The summed E-state index contributed by atoms with van der Waals surface area (Å²) in [5.41, 5.74) is 0. The van der Waals surface area contributed by atoms with Gasteiger partial charge in [-0.15, -0.1) is 0 Å². The first kappa shape index (κ1) is 13.8. The molecular formula is C13H24N2O3. The molecule has 2 atom stereocenters. The van der Waals surface area contributed by atoms with Crippen LogP contribution in [0.1, 0.15) is 25.7 Å². The first-order valence-corrected chi connectivity index (χ1v) is 6.81. The number of nitrogens with one attached hydrogen (secondary N) is 1. The van der Waals surface area contributed by atoms with Crippen molar-refractivity contribution in [1.29, 1.82) is 0 Å². The number of rotatable bonds is 5. The molecule has 0 aromatic heterocycles. The molecule has 1 aliphatic carbocycles. The molecule has 0 radical (unpaired) electrons. The van der Waals surface area contributed by atoms with Crippen LogP contribution >= 0.6 is 0 Å². The first-order valence-electron chi connectivity index (χ1n) is 6.81. The summed E-state index contributed by atoms with van der Waals surface area (Å²) < 4.78 is 10.6. The Bertz CT molecular complexity index is 279. The molecule has 2 fully saturated rings. The van der Waals surface area contributed by atoms with E-state index < -0.39 is 0 Å². The van der Waals surface area contributed by atoms with Gasteiger partial charge in [0.2, 0.25) is 5.91 Å². The van der Waals surface area contributed by atoms with E-state index in [1.54, 1.807) is 7.11 Å². The second-order valence-electron chi connectivity index (χ2n) is 5.34. The van der Waals surface area contributed by atoms with Crippen LogP contribution in [0.2, 0.25) is 0 Å². The normalized spacial score (nSPS) is 29.1. The molecule has 18 heavy (non-hydrogen) atoms. The van der Waals surface area contributed by atoms with Gasteiger partial charge in [0.05, 0.1) is 25.8 Å². The Kier molecular flexibility index (Phi) is 4.97. The highest BCUT2D eigenvalue weighted by Crippen LogP contribution is 2.22. The summed E-state index contributed by atoms with van der Waals surface area (Å²) in [5, 5.41) is 3.00. The quantitative estimate of drug-likeness (QED) is 0.773. The Balaban J connectivity index is 1.74. The lowest BCUT2D eigenvalue weighted by atomic mass is 10.2. The zero-order valence-corrected chi connectivity index (χ0v) is 11.4. The Morgan fingerprint density at radius 3 is 2.78 bits per heavy atom. The van der Waals surface area contributed by atoms with Crippen molar-refractivity contribution in [2.75, 3.05) is 33.9 Å². The van der Waals surface area contributed by atoms with E-state index in [0.29, 0.717) is 25.8 Å². The maximum absolute atomic E-state index is 12.0. The topological polar surface area (TPSA) is 50.8 Å². The minimum Gasteiger partial charge on any atom is -0.377 e. The summed E-state index contributed by atoms with van der Waals surface area (Å²) >= 11 is 0. The molecule has 0 bridgehead atoms. The number of nitrogens with zero attached hydrogens (tertiary/aromatic N) is 1. The molecule has 104 valence electrons. The average Bonchev–Trinajstić information content (AvgIpc) is 2.98. The van der Waals surface area contributed by atoms with Crippen molar-refractivity contribution >= 4 is 5.91 Å². The smallest absolute Gasteiger partial charge is 0.234 e. The van der Waals surface area contributed by atoms with Crippen LogP contribution in [0.5, 0.6) is 0 Å². The molecule has 1 saturated carbocycles. The zero-order valence-electron chi connectivity index (χ0n) is 11.4. The van der Waals surface area contributed by atoms with Crippen LogP contribution in [0.4, 0.5) is 0 Å². The number of ether oxygens (including phenoxy) is 2. The molecule has 1 saturated heterocycles. The molecule has 5 heteroatoms. The third kappa shape index (κ3) is 3.43. The third-order valence-corrected chi connectivity index (χ3v) is 4.02. The number of methoxy groups -OCH3 is 1. The van der Waals surface area contributed by atoms with Crippen LogP contribution in [-0.2, 0) is 14.3 Å². The van der Waals surface area contributed by atoms with E-state index in [0.717, 1.165) is 0 Å². The van der Waals surface area contributed by atoms with E-state index in [-0.39, 0.29) is 18.1 Å². The van der Waals surface area contributed by atoms with Gasteiger partial charge in [-0.05, 0) is 19.9 Å². The lowest BCUT2D eigenvalue weighted by Crippen LogP contribution is -2.48. The minimum atomic E-state index is -0.00858. The Labute approximate surface area is 109 Å². The Morgan fingerprint density at radius 2 is 2.11 bits per heavy atom. The predicted molar refractivity (Wildman–Crippen MR) is 68.4 cm³/mol. The number of carbonyl (C=O) groups is 1. The Hall–Kier alpha value is -0.650. The molecule has 1 N–H and O–H groups in total. The summed E-state index contributed by atoms with van der Waals surface area (Å²) in [6.07, 6.45) is 5.01. The van der Waals surface area contributed by atoms with Crippen molar-refractivity contribution in [3.05, 3.63) is 0 Å². The number of carbonyl (C=O) groups excluding carboxylic acids is 1. The number of hydrogen-bond acceptors (Lipinski definition) is 4. The van der Waals surface area contributed by atoms with Gasteiger partial charge in [-0.25, -0.2) is 0 Å². The van der Waals surface area contributed by atoms with E-state index in [2.05, 4.69) is 10.2 Å². The van der Waals surface area contributed by atoms with Crippen molar-refractivity contribution in [1.82, 2.24) is 10.2 Å². The predicted octanol–water partition coefficient (Wildman–Crippen LogP) is 0.391. The molecule has 1 aliphatic heterocycles.